The van der Waals surface area contributed by atoms with Crippen molar-refractivity contribution in [3.8, 4) is 0 Å². The van der Waals surface area contributed by atoms with Crippen LogP contribution in [-0.2, 0) is 11.2 Å². The SMILES string of the molecule is CCC(=O)N1CCN(CCc2ccccc2)CC1. The Hall–Kier alpha value is -1.35. The molecule has 0 unspecified atom stereocenters. The number of hydrogen-bond acceptors (Lipinski definition) is 2. The third kappa shape index (κ3) is 3.57. The average Bonchev–Trinajstić information content (AvgIpc) is 2.46. The number of hydrogen-bond donors (Lipinski definition) is 0. The first-order valence-electron chi connectivity index (χ1n) is 6.83. The van der Waals surface area contributed by atoms with Crippen molar-refractivity contribution < 1.29 is 4.79 Å². The molecule has 0 atom stereocenters. The zero-order valence-corrected chi connectivity index (χ0v) is 11.1. The fourth-order valence-electron chi connectivity index (χ4n) is 2.38. The van der Waals surface area contributed by atoms with Gasteiger partial charge in [-0.15, -0.1) is 0 Å². The number of carbonyl (C=O) groups is 1. The zero-order chi connectivity index (χ0) is 12.8. The predicted molar refractivity (Wildman–Crippen MR) is 73.5 cm³/mol. The maximum absolute atomic E-state index is 11.6. The second kappa shape index (κ2) is 6.55. The molecule has 1 aromatic carbocycles. The summed E-state index contributed by atoms with van der Waals surface area (Å²) in [4.78, 5) is 16.0. The normalized spacial score (nSPS) is 16.8. The van der Waals surface area contributed by atoms with Crippen LogP contribution in [0.4, 0.5) is 0 Å². The number of carbonyl (C=O) groups excluding carboxylic acids is 1. The van der Waals surface area contributed by atoms with Crippen molar-refractivity contribution >= 4 is 5.91 Å². The zero-order valence-electron chi connectivity index (χ0n) is 11.1. The lowest BCUT2D eigenvalue weighted by Crippen LogP contribution is -2.48. The van der Waals surface area contributed by atoms with Crippen molar-refractivity contribution in [1.82, 2.24) is 9.80 Å². The second-order valence-electron chi connectivity index (χ2n) is 4.81. The van der Waals surface area contributed by atoms with Crippen LogP contribution in [0.5, 0.6) is 0 Å². The lowest BCUT2D eigenvalue weighted by Gasteiger charge is -2.34. The molecule has 1 saturated heterocycles. The Labute approximate surface area is 109 Å². The topological polar surface area (TPSA) is 23.6 Å². The first kappa shape index (κ1) is 13.1. The average molecular weight is 246 g/mol. The highest BCUT2D eigenvalue weighted by Gasteiger charge is 2.19. The summed E-state index contributed by atoms with van der Waals surface area (Å²) in [7, 11) is 0. The van der Waals surface area contributed by atoms with Crippen LogP contribution < -0.4 is 0 Å². The first-order valence-corrected chi connectivity index (χ1v) is 6.83. The number of amides is 1. The molecule has 1 fully saturated rings. The van der Waals surface area contributed by atoms with Gasteiger partial charge in [-0.25, -0.2) is 0 Å². The van der Waals surface area contributed by atoms with Crippen LogP contribution in [0.2, 0.25) is 0 Å². The molecular formula is C15H22N2O. The van der Waals surface area contributed by atoms with E-state index in [4.69, 9.17) is 0 Å². The summed E-state index contributed by atoms with van der Waals surface area (Å²) < 4.78 is 0. The minimum Gasteiger partial charge on any atom is -0.340 e. The smallest absolute Gasteiger partial charge is 0.222 e. The first-order chi connectivity index (χ1) is 8.79. The Morgan fingerprint density at radius 1 is 1.11 bits per heavy atom. The van der Waals surface area contributed by atoms with Crippen molar-refractivity contribution in [2.24, 2.45) is 0 Å². The Bertz CT molecular complexity index is 369. The lowest BCUT2D eigenvalue weighted by molar-refractivity contribution is -0.132. The lowest BCUT2D eigenvalue weighted by atomic mass is 10.1. The van der Waals surface area contributed by atoms with Crippen LogP contribution in [0.1, 0.15) is 18.9 Å². The molecule has 1 aliphatic heterocycles. The molecule has 98 valence electrons. The largest absolute Gasteiger partial charge is 0.340 e. The van der Waals surface area contributed by atoms with Crippen LogP contribution in [0.15, 0.2) is 30.3 Å². The maximum Gasteiger partial charge on any atom is 0.222 e. The highest BCUT2D eigenvalue weighted by atomic mass is 16.2. The van der Waals surface area contributed by atoms with E-state index in [1.807, 2.05) is 11.8 Å². The maximum atomic E-state index is 11.6. The molecule has 3 nitrogen and oxygen atoms in total. The van der Waals surface area contributed by atoms with Gasteiger partial charge in [0.25, 0.3) is 0 Å². The Balaban J connectivity index is 1.72. The molecule has 18 heavy (non-hydrogen) atoms. The van der Waals surface area contributed by atoms with E-state index in [0.29, 0.717) is 6.42 Å². The van der Waals surface area contributed by atoms with E-state index in [0.717, 1.165) is 39.1 Å². The highest BCUT2D eigenvalue weighted by Crippen LogP contribution is 2.06. The van der Waals surface area contributed by atoms with Gasteiger partial charge in [-0.3, -0.25) is 9.69 Å². The third-order valence-corrected chi connectivity index (χ3v) is 3.59. The molecule has 0 N–H and O–H groups in total. The molecule has 0 aliphatic carbocycles. The monoisotopic (exact) mass is 246 g/mol. The van der Waals surface area contributed by atoms with Crippen molar-refractivity contribution in [2.45, 2.75) is 19.8 Å². The van der Waals surface area contributed by atoms with E-state index in [1.54, 1.807) is 0 Å². The molecule has 1 amide bonds. The fraction of sp³-hybridized carbons (Fsp3) is 0.533. The summed E-state index contributed by atoms with van der Waals surface area (Å²) in [5.74, 6) is 0.290. The molecular weight excluding hydrogens is 224 g/mol. The fourth-order valence-corrected chi connectivity index (χ4v) is 2.38. The summed E-state index contributed by atoms with van der Waals surface area (Å²) in [5.41, 5.74) is 1.39. The molecule has 1 heterocycles. The molecule has 2 rings (SSSR count). The molecule has 1 aliphatic rings. The van der Waals surface area contributed by atoms with Gasteiger partial charge in [0, 0.05) is 39.1 Å². The van der Waals surface area contributed by atoms with Crippen LogP contribution in [0.25, 0.3) is 0 Å². The van der Waals surface area contributed by atoms with Gasteiger partial charge < -0.3 is 4.90 Å². The molecule has 0 radical (unpaired) electrons. The van der Waals surface area contributed by atoms with E-state index >= 15 is 0 Å². The standard InChI is InChI=1S/C15H22N2O/c1-2-15(18)17-12-10-16(11-13-17)9-8-14-6-4-3-5-7-14/h3-7H,2,8-13H2,1H3. The highest BCUT2D eigenvalue weighted by molar-refractivity contribution is 5.75. The summed E-state index contributed by atoms with van der Waals surface area (Å²) in [5, 5.41) is 0. The van der Waals surface area contributed by atoms with E-state index < -0.39 is 0 Å². The summed E-state index contributed by atoms with van der Waals surface area (Å²) >= 11 is 0. The number of nitrogens with zero attached hydrogens (tertiary/aromatic N) is 2. The predicted octanol–water partition coefficient (Wildman–Crippen LogP) is 1.78. The van der Waals surface area contributed by atoms with Gasteiger partial charge in [0.2, 0.25) is 5.91 Å². The molecule has 0 saturated carbocycles. The van der Waals surface area contributed by atoms with Crippen molar-refractivity contribution in [2.75, 3.05) is 32.7 Å². The van der Waals surface area contributed by atoms with Gasteiger partial charge in [-0.1, -0.05) is 37.3 Å². The van der Waals surface area contributed by atoms with E-state index in [9.17, 15) is 4.79 Å². The van der Waals surface area contributed by atoms with Gasteiger partial charge in [0.1, 0.15) is 0 Å². The number of piperazine rings is 1. The molecule has 1 aromatic rings. The van der Waals surface area contributed by atoms with Gasteiger partial charge in [0.15, 0.2) is 0 Å². The quantitative estimate of drug-likeness (QED) is 0.808. The minimum absolute atomic E-state index is 0.290. The minimum atomic E-state index is 0.290. The van der Waals surface area contributed by atoms with E-state index in [1.165, 1.54) is 5.56 Å². The van der Waals surface area contributed by atoms with Crippen molar-refractivity contribution in [1.29, 1.82) is 0 Å². The van der Waals surface area contributed by atoms with Crippen LogP contribution in [-0.4, -0.2) is 48.4 Å². The molecule has 0 spiro atoms. The number of rotatable bonds is 4. The Kier molecular flexibility index (Phi) is 4.76. The van der Waals surface area contributed by atoms with E-state index in [-0.39, 0.29) is 5.91 Å². The van der Waals surface area contributed by atoms with Gasteiger partial charge in [0.05, 0.1) is 0 Å². The van der Waals surface area contributed by atoms with Crippen molar-refractivity contribution in [3.63, 3.8) is 0 Å². The van der Waals surface area contributed by atoms with E-state index in [2.05, 4.69) is 35.2 Å². The van der Waals surface area contributed by atoms with Gasteiger partial charge in [-0.05, 0) is 12.0 Å². The Morgan fingerprint density at radius 3 is 2.39 bits per heavy atom. The molecule has 3 heteroatoms. The van der Waals surface area contributed by atoms with Gasteiger partial charge >= 0.3 is 0 Å². The van der Waals surface area contributed by atoms with Crippen molar-refractivity contribution in [3.05, 3.63) is 35.9 Å². The molecule has 0 bridgehead atoms. The third-order valence-electron chi connectivity index (χ3n) is 3.59. The summed E-state index contributed by atoms with van der Waals surface area (Å²) in [6.07, 6.45) is 1.73. The van der Waals surface area contributed by atoms with Crippen LogP contribution in [0.3, 0.4) is 0 Å². The van der Waals surface area contributed by atoms with Crippen LogP contribution >= 0.6 is 0 Å². The summed E-state index contributed by atoms with van der Waals surface area (Å²) in [6, 6.07) is 10.6. The Morgan fingerprint density at radius 2 is 1.78 bits per heavy atom. The number of benzene rings is 1. The summed E-state index contributed by atoms with van der Waals surface area (Å²) in [6.45, 7) is 6.84. The van der Waals surface area contributed by atoms with Gasteiger partial charge in [-0.2, -0.15) is 0 Å². The van der Waals surface area contributed by atoms with Crippen LogP contribution in [0, 0.1) is 0 Å². The second-order valence-corrected chi connectivity index (χ2v) is 4.81. The molecule has 0 aromatic heterocycles.